The van der Waals surface area contributed by atoms with Gasteiger partial charge in [-0.25, -0.2) is 12.7 Å². The van der Waals surface area contributed by atoms with Crippen LogP contribution in [0.2, 0.25) is 0 Å². The van der Waals surface area contributed by atoms with Crippen LogP contribution in [-0.2, 0) is 27.1 Å². The number of likely N-dealkylation sites (tertiary alicyclic amines) is 1. The zero-order chi connectivity index (χ0) is 21.9. The summed E-state index contributed by atoms with van der Waals surface area (Å²) in [6.07, 6.45) is 4.06. The van der Waals surface area contributed by atoms with Crippen molar-refractivity contribution >= 4 is 15.9 Å². The lowest BCUT2D eigenvalue weighted by molar-refractivity contribution is -0.125. The molecule has 2 aliphatic heterocycles. The molecule has 1 atom stereocenters. The van der Waals surface area contributed by atoms with E-state index in [1.54, 1.807) is 10.5 Å². The number of nitrogens with zero attached hydrogens (tertiary/aromatic N) is 3. The molecule has 1 aromatic carbocycles. The number of nitrogens with one attached hydrogen (secondary N) is 1. The first kappa shape index (κ1) is 21.9. The van der Waals surface area contributed by atoms with Crippen molar-refractivity contribution in [2.45, 2.75) is 37.6 Å². The normalized spacial score (nSPS) is 21.9. The van der Waals surface area contributed by atoms with Crippen LogP contribution in [-0.4, -0.2) is 61.2 Å². The minimum absolute atomic E-state index is 0.000516. The fourth-order valence-electron chi connectivity index (χ4n) is 4.84. The van der Waals surface area contributed by atoms with E-state index in [9.17, 15) is 13.2 Å². The smallest absolute Gasteiger partial charge is 0.237 e. The Kier molecular flexibility index (Phi) is 6.41. The van der Waals surface area contributed by atoms with E-state index < -0.39 is 10.0 Å². The molecule has 0 radical (unpaired) electrons. The number of likely N-dealkylation sites (N-methyl/N-ethyl adjacent to an activating group) is 1. The van der Waals surface area contributed by atoms with E-state index in [2.05, 4.69) is 15.2 Å². The Labute approximate surface area is 184 Å². The van der Waals surface area contributed by atoms with E-state index in [-0.39, 0.29) is 23.1 Å². The molecule has 1 unspecified atom stereocenters. The van der Waals surface area contributed by atoms with Gasteiger partial charge >= 0.3 is 0 Å². The molecule has 166 valence electrons. The summed E-state index contributed by atoms with van der Waals surface area (Å²) >= 11 is 0. The summed E-state index contributed by atoms with van der Waals surface area (Å²) < 4.78 is 27.3. The first-order valence-electron chi connectivity index (χ1n) is 10.8. The highest BCUT2D eigenvalue weighted by Gasteiger charge is 2.47. The predicted octanol–water partition coefficient (Wildman–Crippen LogP) is 2.01. The SMILES string of the molecule is CN1CC2(CCN(S(=O)(=O)Cc3ccccc3)CC2)CC1C(=O)NCc1ccccn1. The zero-order valence-electron chi connectivity index (χ0n) is 17.9. The van der Waals surface area contributed by atoms with Gasteiger partial charge in [0.15, 0.2) is 0 Å². The molecule has 31 heavy (non-hydrogen) atoms. The molecule has 1 spiro atoms. The molecular formula is C23H30N4O3S. The number of benzene rings is 1. The molecule has 2 saturated heterocycles. The molecule has 1 N–H and O–H groups in total. The molecule has 2 aliphatic rings. The van der Waals surface area contributed by atoms with E-state index in [1.165, 1.54) is 0 Å². The van der Waals surface area contributed by atoms with Crippen molar-refractivity contribution in [3.63, 3.8) is 0 Å². The second-order valence-electron chi connectivity index (χ2n) is 8.81. The van der Waals surface area contributed by atoms with Gasteiger partial charge in [-0.3, -0.25) is 14.7 Å². The van der Waals surface area contributed by atoms with Crippen molar-refractivity contribution < 1.29 is 13.2 Å². The molecule has 2 aromatic rings. The predicted molar refractivity (Wildman–Crippen MR) is 119 cm³/mol. The molecule has 8 heteroatoms. The molecular weight excluding hydrogens is 412 g/mol. The van der Waals surface area contributed by atoms with E-state index >= 15 is 0 Å². The maximum Gasteiger partial charge on any atom is 0.237 e. The van der Waals surface area contributed by atoms with Gasteiger partial charge in [0.2, 0.25) is 15.9 Å². The van der Waals surface area contributed by atoms with Gasteiger partial charge in [-0.2, -0.15) is 0 Å². The highest BCUT2D eigenvalue weighted by atomic mass is 32.2. The fourth-order valence-corrected chi connectivity index (χ4v) is 6.37. The van der Waals surface area contributed by atoms with Crippen molar-refractivity contribution in [2.75, 3.05) is 26.7 Å². The fraction of sp³-hybridized carbons (Fsp3) is 0.478. The molecule has 3 heterocycles. The van der Waals surface area contributed by atoms with Gasteiger partial charge in [-0.15, -0.1) is 0 Å². The summed E-state index contributed by atoms with van der Waals surface area (Å²) in [5, 5.41) is 3.00. The van der Waals surface area contributed by atoms with Gasteiger partial charge in [0.1, 0.15) is 0 Å². The lowest BCUT2D eigenvalue weighted by atomic mass is 9.77. The summed E-state index contributed by atoms with van der Waals surface area (Å²) in [5.41, 5.74) is 1.65. The Morgan fingerprint density at radius 2 is 1.84 bits per heavy atom. The number of piperidine rings is 1. The monoisotopic (exact) mass is 442 g/mol. The van der Waals surface area contributed by atoms with Gasteiger partial charge in [0.25, 0.3) is 0 Å². The average Bonchev–Trinajstić information content (AvgIpc) is 3.09. The number of hydrogen-bond acceptors (Lipinski definition) is 5. The Bertz CT molecular complexity index is 990. The number of rotatable bonds is 6. The second-order valence-corrected chi connectivity index (χ2v) is 10.8. The second kappa shape index (κ2) is 9.06. The van der Waals surface area contributed by atoms with Crippen LogP contribution < -0.4 is 5.32 Å². The maximum absolute atomic E-state index is 12.9. The highest BCUT2D eigenvalue weighted by molar-refractivity contribution is 7.88. The van der Waals surface area contributed by atoms with Crippen molar-refractivity contribution in [3.05, 3.63) is 66.0 Å². The van der Waals surface area contributed by atoms with Crippen LogP contribution in [0.25, 0.3) is 0 Å². The molecule has 0 bridgehead atoms. The molecule has 4 rings (SSSR count). The first-order chi connectivity index (χ1) is 14.9. The van der Waals surface area contributed by atoms with Crippen molar-refractivity contribution in [2.24, 2.45) is 5.41 Å². The Morgan fingerprint density at radius 3 is 2.52 bits per heavy atom. The van der Waals surface area contributed by atoms with Crippen molar-refractivity contribution in [1.29, 1.82) is 0 Å². The van der Waals surface area contributed by atoms with Crippen LogP contribution in [0.1, 0.15) is 30.5 Å². The van der Waals surface area contributed by atoms with Crippen molar-refractivity contribution in [1.82, 2.24) is 19.5 Å². The van der Waals surface area contributed by atoms with Crippen LogP contribution in [0, 0.1) is 5.41 Å². The summed E-state index contributed by atoms with van der Waals surface area (Å²) in [6, 6.07) is 14.8. The number of pyridine rings is 1. The lowest BCUT2D eigenvalue weighted by Gasteiger charge is -2.38. The van der Waals surface area contributed by atoms with E-state index in [0.29, 0.717) is 19.6 Å². The average molecular weight is 443 g/mol. The van der Waals surface area contributed by atoms with E-state index in [0.717, 1.165) is 37.1 Å². The molecule has 0 saturated carbocycles. The van der Waals surface area contributed by atoms with Gasteiger partial charge < -0.3 is 5.32 Å². The number of carbonyl (C=O) groups is 1. The minimum Gasteiger partial charge on any atom is -0.349 e. The van der Waals surface area contributed by atoms with Crippen LogP contribution in [0.3, 0.4) is 0 Å². The minimum atomic E-state index is -3.33. The molecule has 1 amide bonds. The van der Waals surface area contributed by atoms with Gasteiger partial charge in [-0.1, -0.05) is 36.4 Å². The third kappa shape index (κ3) is 5.14. The Morgan fingerprint density at radius 1 is 1.13 bits per heavy atom. The van der Waals surface area contributed by atoms with Crippen LogP contribution >= 0.6 is 0 Å². The summed E-state index contributed by atoms with van der Waals surface area (Å²) in [5.74, 6) is 0.0587. The third-order valence-corrected chi connectivity index (χ3v) is 8.43. The lowest BCUT2D eigenvalue weighted by Crippen LogP contribution is -2.44. The summed E-state index contributed by atoms with van der Waals surface area (Å²) in [6.45, 7) is 2.28. The first-order valence-corrected chi connectivity index (χ1v) is 12.4. The Hall–Kier alpha value is -2.29. The highest BCUT2D eigenvalue weighted by Crippen LogP contribution is 2.43. The Balaban J connectivity index is 1.32. The summed E-state index contributed by atoms with van der Waals surface area (Å²) in [4.78, 5) is 19.2. The molecule has 2 fully saturated rings. The number of sulfonamides is 1. The van der Waals surface area contributed by atoms with Crippen LogP contribution in [0.5, 0.6) is 0 Å². The number of hydrogen-bond donors (Lipinski definition) is 1. The standard InChI is InChI=1S/C23H30N4O3S/c1-26-18-23(15-21(26)22(28)25-16-20-9-5-6-12-24-20)10-13-27(14-11-23)31(29,30)17-19-7-3-2-4-8-19/h2-9,12,21H,10-11,13-18H2,1H3,(H,25,28). The largest absolute Gasteiger partial charge is 0.349 e. The zero-order valence-corrected chi connectivity index (χ0v) is 18.7. The van der Waals surface area contributed by atoms with Gasteiger partial charge in [0, 0.05) is 25.8 Å². The number of amides is 1. The summed E-state index contributed by atoms with van der Waals surface area (Å²) in [7, 11) is -1.35. The van der Waals surface area contributed by atoms with Gasteiger partial charge in [-0.05, 0) is 49.4 Å². The molecule has 1 aromatic heterocycles. The molecule has 7 nitrogen and oxygen atoms in total. The number of aromatic nitrogens is 1. The van der Waals surface area contributed by atoms with Crippen LogP contribution in [0.15, 0.2) is 54.7 Å². The van der Waals surface area contributed by atoms with Crippen molar-refractivity contribution in [3.8, 4) is 0 Å². The molecule has 0 aliphatic carbocycles. The third-order valence-electron chi connectivity index (χ3n) is 6.58. The van der Waals surface area contributed by atoms with E-state index in [1.807, 2.05) is 55.6 Å². The van der Waals surface area contributed by atoms with E-state index in [4.69, 9.17) is 0 Å². The van der Waals surface area contributed by atoms with Crippen LogP contribution in [0.4, 0.5) is 0 Å². The maximum atomic E-state index is 12.9. The topological polar surface area (TPSA) is 82.6 Å². The number of carbonyl (C=O) groups excluding carboxylic acids is 1. The quantitative estimate of drug-likeness (QED) is 0.740. The van der Waals surface area contributed by atoms with Gasteiger partial charge in [0.05, 0.1) is 24.0 Å².